The summed E-state index contributed by atoms with van der Waals surface area (Å²) in [5, 5.41) is 3.10. The number of nitrogens with one attached hydrogen (secondary N) is 1. The number of hydrogen-bond donors (Lipinski definition) is 2. The molecule has 1 heterocycles. The van der Waals surface area contributed by atoms with Crippen LogP contribution in [-0.2, 0) is 4.79 Å². The molecule has 144 valence electrons. The molecule has 3 N–H and O–H groups in total. The highest BCUT2D eigenvalue weighted by molar-refractivity contribution is 7.99. The van der Waals surface area contributed by atoms with Crippen molar-refractivity contribution in [2.75, 3.05) is 17.6 Å². The maximum absolute atomic E-state index is 13.0. The predicted molar refractivity (Wildman–Crippen MR) is 108 cm³/mol. The van der Waals surface area contributed by atoms with Crippen molar-refractivity contribution in [3.63, 3.8) is 0 Å². The molecule has 1 unspecified atom stereocenters. The first-order valence-corrected chi connectivity index (χ1v) is 10.5. The van der Waals surface area contributed by atoms with Crippen LogP contribution in [0.1, 0.15) is 52.4 Å². The van der Waals surface area contributed by atoms with Crippen molar-refractivity contribution in [1.29, 1.82) is 0 Å². The fraction of sp³-hybridized carbons (Fsp3) is 0.600. The standard InChI is InChI=1S/C20H31N3O2S/c1-15(2)14-16-8-4-3-7-12-23(16)20(25)22-17-9-5-6-10-18(17)26-13-11-19(21)24/h5-6,9-10,15-16H,3-4,7-8,11-14H2,1-2H3,(H2,21,24)(H,22,25). The molecular weight excluding hydrogens is 346 g/mol. The number of thioether (sulfide) groups is 1. The molecule has 1 aromatic rings. The number of urea groups is 1. The third-order valence-corrected chi connectivity index (χ3v) is 5.69. The zero-order chi connectivity index (χ0) is 18.9. The van der Waals surface area contributed by atoms with Gasteiger partial charge < -0.3 is 16.0 Å². The second-order valence-electron chi connectivity index (χ2n) is 7.32. The van der Waals surface area contributed by atoms with E-state index in [2.05, 4.69) is 19.2 Å². The molecule has 0 bridgehead atoms. The van der Waals surface area contributed by atoms with E-state index in [0.29, 0.717) is 24.1 Å². The van der Waals surface area contributed by atoms with Gasteiger partial charge in [0.25, 0.3) is 0 Å². The molecule has 1 saturated heterocycles. The Labute approximate surface area is 161 Å². The van der Waals surface area contributed by atoms with Crippen molar-refractivity contribution in [3.05, 3.63) is 24.3 Å². The van der Waals surface area contributed by atoms with E-state index in [0.717, 1.165) is 36.4 Å². The lowest BCUT2D eigenvalue weighted by Crippen LogP contribution is -2.43. The normalized spacial score (nSPS) is 17.8. The van der Waals surface area contributed by atoms with E-state index in [1.165, 1.54) is 12.8 Å². The Morgan fingerprint density at radius 3 is 2.77 bits per heavy atom. The summed E-state index contributed by atoms with van der Waals surface area (Å²) in [6, 6.07) is 8.04. The van der Waals surface area contributed by atoms with Gasteiger partial charge in [0.05, 0.1) is 5.69 Å². The summed E-state index contributed by atoms with van der Waals surface area (Å²) in [7, 11) is 0. The number of primary amides is 1. The third kappa shape index (κ3) is 6.56. The van der Waals surface area contributed by atoms with Gasteiger partial charge in [-0.2, -0.15) is 0 Å². The molecule has 0 aliphatic carbocycles. The first kappa shape index (κ1) is 20.6. The largest absolute Gasteiger partial charge is 0.370 e. The second kappa shape index (κ2) is 10.5. The number of nitrogens with zero attached hydrogens (tertiary/aromatic N) is 1. The molecule has 1 aromatic carbocycles. The van der Waals surface area contributed by atoms with E-state index in [9.17, 15) is 9.59 Å². The Morgan fingerprint density at radius 1 is 1.27 bits per heavy atom. The molecule has 3 amide bonds. The molecule has 5 nitrogen and oxygen atoms in total. The summed E-state index contributed by atoms with van der Waals surface area (Å²) in [4.78, 5) is 26.9. The van der Waals surface area contributed by atoms with Gasteiger partial charge in [-0.1, -0.05) is 38.8 Å². The zero-order valence-electron chi connectivity index (χ0n) is 15.9. The number of anilines is 1. The van der Waals surface area contributed by atoms with E-state index < -0.39 is 0 Å². The van der Waals surface area contributed by atoms with Gasteiger partial charge in [0.1, 0.15) is 0 Å². The SMILES string of the molecule is CC(C)CC1CCCCCN1C(=O)Nc1ccccc1SCCC(N)=O. The number of hydrogen-bond acceptors (Lipinski definition) is 3. The fourth-order valence-corrected chi connectivity index (χ4v) is 4.35. The second-order valence-corrected chi connectivity index (χ2v) is 8.45. The summed E-state index contributed by atoms with van der Waals surface area (Å²) >= 11 is 1.55. The minimum atomic E-state index is -0.305. The van der Waals surface area contributed by atoms with Gasteiger partial charge in [0, 0.05) is 29.7 Å². The average molecular weight is 378 g/mol. The van der Waals surface area contributed by atoms with Crippen LogP contribution in [0.5, 0.6) is 0 Å². The number of nitrogens with two attached hydrogens (primary N) is 1. The Morgan fingerprint density at radius 2 is 2.04 bits per heavy atom. The minimum absolute atomic E-state index is 0.0134. The third-order valence-electron chi connectivity index (χ3n) is 4.62. The van der Waals surface area contributed by atoms with Gasteiger partial charge in [-0.15, -0.1) is 11.8 Å². The van der Waals surface area contributed by atoms with Gasteiger partial charge in [-0.05, 0) is 37.3 Å². The van der Waals surface area contributed by atoms with Crippen molar-refractivity contribution in [1.82, 2.24) is 4.90 Å². The molecule has 0 spiro atoms. The highest BCUT2D eigenvalue weighted by Crippen LogP contribution is 2.29. The topological polar surface area (TPSA) is 75.4 Å². The number of likely N-dealkylation sites (tertiary alicyclic amines) is 1. The highest BCUT2D eigenvalue weighted by atomic mass is 32.2. The van der Waals surface area contributed by atoms with Crippen LogP contribution >= 0.6 is 11.8 Å². The summed E-state index contributed by atoms with van der Waals surface area (Å²) in [6.07, 6.45) is 5.91. The quantitative estimate of drug-likeness (QED) is 0.688. The van der Waals surface area contributed by atoms with Crippen LogP contribution in [0.4, 0.5) is 10.5 Å². The molecule has 1 fully saturated rings. The maximum atomic E-state index is 13.0. The van der Waals surface area contributed by atoms with E-state index in [1.807, 2.05) is 29.2 Å². The molecule has 0 saturated carbocycles. The van der Waals surface area contributed by atoms with Gasteiger partial charge in [0.2, 0.25) is 5.91 Å². The van der Waals surface area contributed by atoms with Crippen molar-refractivity contribution in [2.45, 2.75) is 63.3 Å². The smallest absolute Gasteiger partial charge is 0.322 e. The monoisotopic (exact) mass is 377 g/mol. The number of amides is 3. The lowest BCUT2D eigenvalue weighted by Gasteiger charge is -2.31. The molecule has 1 atom stereocenters. The molecule has 0 radical (unpaired) electrons. The van der Waals surface area contributed by atoms with Crippen LogP contribution in [0.3, 0.4) is 0 Å². The number of rotatable bonds is 7. The van der Waals surface area contributed by atoms with Crippen molar-refractivity contribution in [2.24, 2.45) is 11.7 Å². The molecule has 26 heavy (non-hydrogen) atoms. The summed E-state index contributed by atoms with van der Waals surface area (Å²) in [5.74, 6) is 0.882. The van der Waals surface area contributed by atoms with E-state index in [-0.39, 0.29) is 11.9 Å². The van der Waals surface area contributed by atoms with Crippen molar-refractivity contribution < 1.29 is 9.59 Å². The lowest BCUT2D eigenvalue weighted by atomic mass is 9.99. The average Bonchev–Trinajstić information content (AvgIpc) is 2.81. The fourth-order valence-electron chi connectivity index (χ4n) is 3.38. The Balaban J connectivity index is 2.06. The first-order valence-electron chi connectivity index (χ1n) is 9.55. The van der Waals surface area contributed by atoms with Crippen LogP contribution in [-0.4, -0.2) is 35.2 Å². The predicted octanol–water partition coefficient (Wildman–Crippen LogP) is 4.48. The number of para-hydroxylation sites is 1. The van der Waals surface area contributed by atoms with E-state index >= 15 is 0 Å². The molecule has 6 heteroatoms. The van der Waals surface area contributed by atoms with Crippen molar-refractivity contribution >= 4 is 29.4 Å². The first-order chi connectivity index (χ1) is 12.5. The Bertz CT molecular complexity index is 606. The van der Waals surface area contributed by atoms with Crippen LogP contribution in [0, 0.1) is 5.92 Å². The number of carbonyl (C=O) groups excluding carboxylic acids is 2. The van der Waals surface area contributed by atoms with Gasteiger partial charge in [-0.25, -0.2) is 4.79 Å². The van der Waals surface area contributed by atoms with E-state index in [1.54, 1.807) is 11.8 Å². The van der Waals surface area contributed by atoms with Crippen LogP contribution in [0.2, 0.25) is 0 Å². The van der Waals surface area contributed by atoms with Crippen molar-refractivity contribution in [3.8, 4) is 0 Å². The van der Waals surface area contributed by atoms with Gasteiger partial charge in [-0.3, -0.25) is 4.79 Å². The van der Waals surface area contributed by atoms with E-state index in [4.69, 9.17) is 5.73 Å². The number of benzene rings is 1. The molecule has 1 aliphatic rings. The Kier molecular flexibility index (Phi) is 8.29. The van der Waals surface area contributed by atoms with Crippen LogP contribution < -0.4 is 11.1 Å². The molecular formula is C20H31N3O2S. The molecule has 2 rings (SSSR count). The van der Waals surface area contributed by atoms with Gasteiger partial charge >= 0.3 is 6.03 Å². The summed E-state index contributed by atoms with van der Waals surface area (Å²) in [6.45, 7) is 5.25. The lowest BCUT2D eigenvalue weighted by molar-refractivity contribution is -0.117. The number of carbonyl (C=O) groups is 2. The van der Waals surface area contributed by atoms with Crippen LogP contribution in [0.25, 0.3) is 0 Å². The molecule has 0 aromatic heterocycles. The minimum Gasteiger partial charge on any atom is -0.370 e. The summed E-state index contributed by atoms with van der Waals surface area (Å²) in [5.41, 5.74) is 6.02. The summed E-state index contributed by atoms with van der Waals surface area (Å²) < 4.78 is 0. The Hall–Kier alpha value is -1.69. The van der Waals surface area contributed by atoms with Gasteiger partial charge in [0.15, 0.2) is 0 Å². The van der Waals surface area contributed by atoms with Crippen LogP contribution in [0.15, 0.2) is 29.2 Å². The molecule has 1 aliphatic heterocycles. The maximum Gasteiger partial charge on any atom is 0.322 e. The highest BCUT2D eigenvalue weighted by Gasteiger charge is 2.26. The zero-order valence-corrected chi connectivity index (χ0v) is 16.7.